The monoisotopic (exact) mass is 378 g/mol. The van der Waals surface area contributed by atoms with E-state index in [0.29, 0.717) is 18.0 Å². The molecule has 2 heterocycles. The van der Waals surface area contributed by atoms with Crippen LogP contribution in [0, 0.1) is 25.6 Å². The number of benzene rings is 1. The first kappa shape index (κ1) is 19.1. The number of hydrogen-bond acceptors (Lipinski definition) is 3. The Bertz CT molecular complexity index is 810. The smallest absolute Gasteiger partial charge is 0.178 e. The first-order valence-corrected chi connectivity index (χ1v) is 9.29. The summed E-state index contributed by atoms with van der Waals surface area (Å²) in [6.07, 6.45) is 1.85. The van der Waals surface area contributed by atoms with Crippen LogP contribution in [-0.4, -0.2) is 46.6 Å². The van der Waals surface area contributed by atoms with Crippen molar-refractivity contribution in [1.29, 1.82) is 0 Å². The largest absolute Gasteiger partial charge is 0.396 e. The van der Waals surface area contributed by atoms with Gasteiger partial charge in [-0.15, -0.1) is 0 Å². The fourth-order valence-electron chi connectivity index (χ4n) is 3.68. The molecule has 1 aliphatic heterocycles. The number of nitrogens with zero attached hydrogens (tertiary/aromatic N) is 2. The molecule has 0 amide bonds. The molecule has 0 radical (unpaired) electrons. The highest BCUT2D eigenvalue weighted by molar-refractivity contribution is 6.30. The van der Waals surface area contributed by atoms with Crippen LogP contribution < -0.4 is 0 Å². The number of aryl methyl sites for hydroxylation is 1. The molecule has 3 rings (SSSR count). The Kier molecular flexibility index (Phi) is 5.80. The van der Waals surface area contributed by atoms with Gasteiger partial charge in [0.25, 0.3) is 0 Å². The average molecular weight is 379 g/mol. The Morgan fingerprint density at radius 1 is 1.27 bits per heavy atom. The van der Waals surface area contributed by atoms with Crippen LogP contribution in [0.3, 0.4) is 0 Å². The molecule has 1 N–H and O–H groups in total. The topological polar surface area (TPSA) is 45.5 Å². The van der Waals surface area contributed by atoms with Crippen molar-refractivity contribution in [1.82, 2.24) is 9.47 Å². The van der Waals surface area contributed by atoms with Gasteiger partial charge in [0.05, 0.1) is 11.6 Å². The zero-order chi connectivity index (χ0) is 18.8. The summed E-state index contributed by atoms with van der Waals surface area (Å²) in [5.41, 5.74) is 3.18. The Morgan fingerprint density at radius 2 is 1.96 bits per heavy atom. The summed E-state index contributed by atoms with van der Waals surface area (Å²) >= 11 is 5.91. The predicted molar refractivity (Wildman–Crippen MR) is 101 cm³/mol. The van der Waals surface area contributed by atoms with Gasteiger partial charge in [-0.3, -0.25) is 9.69 Å². The van der Waals surface area contributed by atoms with E-state index in [-0.39, 0.29) is 17.4 Å². The number of aromatic nitrogens is 1. The molecule has 4 nitrogen and oxygen atoms in total. The first-order chi connectivity index (χ1) is 12.4. The number of Topliss-reactive ketones (excluding diaryl/α,β-unsaturated/α-hetero) is 1. The molecule has 0 spiro atoms. The second-order valence-corrected chi connectivity index (χ2v) is 7.45. The summed E-state index contributed by atoms with van der Waals surface area (Å²) in [7, 11) is 0. The highest BCUT2D eigenvalue weighted by atomic mass is 35.5. The molecule has 1 aromatic heterocycles. The molecular weight excluding hydrogens is 355 g/mol. The molecule has 140 valence electrons. The van der Waals surface area contributed by atoms with Crippen LogP contribution >= 0.6 is 11.6 Å². The molecular formula is C20H24ClFN2O2. The maximum absolute atomic E-state index is 13.4. The van der Waals surface area contributed by atoms with Crippen molar-refractivity contribution in [3.05, 3.63) is 52.1 Å². The second kappa shape index (κ2) is 7.91. The SMILES string of the molecule is Cc1cc(C(=O)CN2CCC(CO)CC2)c(C)n1-c1ccc(F)c(Cl)c1. The van der Waals surface area contributed by atoms with Gasteiger partial charge in [0.2, 0.25) is 0 Å². The predicted octanol–water partition coefficient (Wildman–Crippen LogP) is 3.77. The van der Waals surface area contributed by atoms with E-state index in [0.717, 1.165) is 43.0 Å². The third kappa shape index (κ3) is 3.85. The van der Waals surface area contributed by atoms with Crippen LogP contribution in [0.15, 0.2) is 24.3 Å². The standard InChI is InChI=1S/C20H24ClFN2O2/c1-13-9-17(20(26)11-23-7-5-15(12-25)6-8-23)14(2)24(13)16-3-4-19(22)18(21)10-16/h3-4,9-10,15,25H,5-8,11-12H2,1-2H3. The van der Waals surface area contributed by atoms with Gasteiger partial charge in [-0.1, -0.05) is 11.6 Å². The van der Waals surface area contributed by atoms with Gasteiger partial charge in [0.15, 0.2) is 5.78 Å². The van der Waals surface area contributed by atoms with Gasteiger partial charge < -0.3 is 9.67 Å². The van der Waals surface area contributed by atoms with E-state index in [4.69, 9.17) is 11.6 Å². The fourth-order valence-corrected chi connectivity index (χ4v) is 3.86. The molecule has 2 aromatic rings. The van der Waals surface area contributed by atoms with Crippen LogP contribution in [-0.2, 0) is 0 Å². The molecule has 0 aliphatic carbocycles. The van der Waals surface area contributed by atoms with Crippen LogP contribution in [0.1, 0.15) is 34.6 Å². The van der Waals surface area contributed by atoms with E-state index < -0.39 is 5.82 Å². The lowest BCUT2D eigenvalue weighted by molar-refractivity contribution is 0.0863. The lowest BCUT2D eigenvalue weighted by Gasteiger charge is -2.30. The van der Waals surface area contributed by atoms with E-state index in [1.54, 1.807) is 12.1 Å². The lowest BCUT2D eigenvalue weighted by atomic mass is 9.97. The van der Waals surface area contributed by atoms with Gasteiger partial charge >= 0.3 is 0 Å². The summed E-state index contributed by atoms with van der Waals surface area (Å²) < 4.78 is 15.4. The number of ketones is 1. The number of likely N-dealkylation sites (tertiary alicyclic amines) is 1. The lowest BCUT2D eigenvalue weighted by Crippen LogP contribution is -2.38. The number of carbonyl (C=O) groups excluding carboxylic acids is 1. The average Bonchev–Trinajstić information content (AvgIpc) is 2.93. The number of rotatable bonds is 5. The minimum absolute atomic E-state index is 0.0645. The van der Waals surface area contributed by atoms with E-state index in [9.17, 15) is 14.3 Å². The Balaban J connectivity index is 1.79. The molecule has 1 saturated heterocycles. The zero-order valence-electron chi connectivity index (χ0n) is 15.1. The normalized spacial score (nSPS) is 16.2. The van der Waals surface area contributed by atoms with Crippen molar-refractivity contribution in [2.24, 2.45) is 5.92 Å². The summed E-state index contributed by atoms with van der Waals surface area (Å²) in [5.74, 6) is -0.0184. The van der Waals surface area contributed by atoms with Gasteiger partial charge in [0, 0.05) is 29.2 Å². The van der Waals surface area contributed by atoms with E-state index in [1.165, 1.54) is 6.07 Å². The Labute approximate surface area is 158 Å². The third-order valence-electron chi connectivity index (χ3n) is 5.23. The third-order valence-corrected chi connectivity index (χ3v) is 5.52. The first-order valence-electron chi connectivity index (χ1n) is 8.91. The van der Waals surface area contributed by atoms with Crippen molar-refractivity contribution in [3.63, 3.8) is 0 Å². The maximum atomic E-state index is 13.4. The number of aliphatic hydroxyl groups excluding tert-OH is 1. The Hall–Kier alpha value is -1.69. The van der Waals surface area contributed by atoms with Crippen LogP contribution in [0.2, 0.25) is 5.02 Å². The van der Waals surface area contributed by atoms with Crippen molar-refractivity contribution in [2.75, 3.05) is 26.2 Å². The number of piperidine rings is 1. The summed E-state index contributed by atoms with van der Waals surface area (Å²) in [6.45, 7) is 6.10. The number of hydrogen-bond donors (Lipinski definition) is 1. The highest BCUT2D eigenvalue weighted by Gasteiger charge is 2.23. The number of carbonyl (C=O) groups is 1. The van der Waals surface area contributed by atoms with Crippen molar-refractivity contribution >= 4 is 17.4 Å². The minimum Gasteiger partial charge on any atom is -0.396 e. The Morgan fingerprint density at radius 3 is 2.58 bits per heavy atom. The molecule has 1 fully saturated rings. The second-order valence-electron chi connectivity index (χ2n) is 7.04. The van der Waals surface area contributed by atoms with Crippen LogP contribution in [0.5, 0.6) is 0 Å². The fraction of sp³-hybridized carbons (Fsp3) is 0.450. The molecule has 6 heteroatoms. The van der Waals surface area contributed by atoms with Crippen molar-refractivity contribution in [3.8, 4) is 5.69 Å². The summed E-state index contributed by atoms with van der Waals surface area (Å²) in [6, 6.07) is 6.46. The molecule has 0 unspecified atom stereocenters. The summed E-state index contributed by atoms with van der Waals surface area (Å²) in [5, 5.41) is 9.30. The number of aliphatic hydroxyl groups is 1. The number of halogens is 2. The zero-order valence-corrected chi connectivity index (χ0v) is 15.9. The highest BCUT2D eigenvalue weighted by Crippen LogP contribution is 2.25. The molecule has 0 bridgehead atoms. The van der Waals surface area contributed by atoms with E-state index >= 15 is 0 Å². The van der Waals surface area contributed by atoms with E-state index in [1.807, 2.05) is 24.5 Å². The molecule has 26 heavy (non-hydrogen) atoms. The summed E-state index contributed by atoms with van der Waals surface area (Å²) in [4.78, 5) is 15.0. The van der Waals surface area contributed by atoms with Gasteiger partial charge in [-0.2, -0.15) is 0 Å². The van der Waals surface area contributed by atoms with Crippen molar-refractivity contribution < 1.29 is 14.3 Å². The minimum atomic E-state index is -0.458. The molecule has 1 aromatic carbocycles. The van der Waals surface area contributed by atoms with Gasteiger partial charge in [-0.25, -0.2) is 4.39 Å². The maximum Gasteiger partial charge on any atom is 0.178 e. The van der Waals surface area contributed by atoms with E-state index in [2.05, 4.69) is 4.90 Å². The molecule has 0 saturated carbocycles. The van der Waals surface area contributed by atoms with Crippen LogP contribution in [0.25, 0.3) is 5.69 Å². The molecule has 0 atom stereocenters. The molecule has 1 aliphatic rings. The van der Waals surface area contributed by atoms with Crippen LogP contribution in [0.4, 0.5) is 4.39 Å². The van der Waals surface area contributed by atoms with Gasteiger partial charge in [0.1, 0.15) is 5.82 Å². The quantitative estimate of drug-likeness (QED) is 0.805. The van der Waals surface area contributed by atoms with Crippen molar-refractivity contribution in [2.45, 2.75) is 26.7 Å². The van der Waals surface area contributed by atoms with Gasteiger partial charge in [-0.05, 0) is 70.0 Å².